The molecule has 0 spiro atoms. The van der Waals surface area contributed by atoms with Crippen molar-refractivity contribution in [3.8, 4) is 5.75 Å². The molecular weight excluding hydrogens is 384 g/mol. The van der Waals surface area contributed by atoms with Crippen LogP contribution in [0.4, 0.5) is 0 Å². The maximum atomic E-state index is 12.8. The van der Waals surface area contributed by atoms with E-state index in [9.17, 15) is 9.59 Å². The monoisotopic (exact) mass is 410 g/mol. The van der Waals surface area contributed by atoms with Crippen LogP contribution in [-0.4, -0.2) is 37.4 Å². The highest BCUT2D eigenvalue weighted by molar-refractivity contribution is 6.09. The number of rotatable bonds is 8. The smallest absolute Gasteiger partial charge is 0.354 e. The summed E-state index contributed by atoms with van der Waals surface area (Å²) in [5, 5.41) is 0. The van der Waals surface area contributed by atoms with E-state index < -0.39 is 17.5 Å². The summed E-state index contributed by atoms with van der Waals surface area (Å²) in [6.45, 7) is 4.25. The molecule has 1 heterocycles. The number of hydrogen-bond donors (Lipinski definition) is 0. The lowest BCUT2D eigenvalue weighted by molar-refractivity contribution is -0.180. The molecular formula is C24H26O6. The zero-order chi connectivity index (χ0) is 21.4. The van der Waals surface area contributed by atoms with Crippen LogP contribution in [0.3, 0.4) is 0 Å². The van der Waals surface area contributed by atoms with Gasteiger partial charge in [0.2, 0.25) is 0 Å². The average Bonchev–Trinajstić information content (AvgIpc) is 3.19. The average molecular weight is 410 g/mol. The highest BCUT2D eigenvalue weighted by Crippen LogP contribution is 2.37. The molecule has 0 aromatic heterocycles. The van der Waals surface area contributed by atoms with E-state index in [0.29, 0.717) is 24.4 Å². The number of benzene rings is 2. The molecule has 6 heteroatoms. The summed E-state index contributed by atoms with van der Waals surface area (Å²) in [5.74, 6) is -0.868. The van der Waals surface area contributed by atoms with Gasteiger partial charge in [-0.3, -0.25) is 0 Å². The van der Waals surface area contributed by atoms with E-state index >= 15 is 0 Å². The van der Waals surface area contributed by atoms with E-state index in [-0.39, 0.29) is 19.8 Å². The van der Waals surface area contributed by atoms with Crippen LogP contribution in [0.2, 0.25) is 0 Å². The molecule has 1 saturated heterocycles. The van der Waals surface area contributed by atoms with Crippen LogP contribution in [-0.2, 0) is 30.4 Å². The zero-order valence-corrected chi connectivity index (χ0v) is 17.3. The molecule has 2 aromatic rings. The predicted molar refractivity (Wildman–Crippen MR) is 112 cm³/mol. The van der Waals surface area contributed by atoms with Gasteiger partial charge in [-0.05, 0) is 43.5 Å². The van der Waals surface area contributed by atoms with Crippen LogP contribution in [0.1, 0.15) is 31.4 Å². The number of para-hydroxylation sites is 1. The molecule has 1 fully saturated rings. The third kappa shape index (κ3) is 4.54. The Morgan fingerprint density at radius 3 is 2.27 bits per heavy atom. The molecule has 0 amide bonds. The molecule has 0 unspecified atom stereocenters. The molecule has 3 rings (SSSR count). The minimum absolute atomic E-state index is 0.132. The number of carbonyl (C=O) groups is 2. The Kier molecular flexibility index (Phi) is 7.25. The van der Waals surface area contributed by atoms with Crippen molar-refractivity contribution in [2.24, 2.45) is 0 Å². The first kappa shape index (κ1) is 21.6. The zero-order valence-electron chi connectivity index (χ0n) is 17.3. The van der Waals surface area contributed by atoms with Crippen LogP contribution in [0.15, 0.2) is 60.2 Å². The first-order valence-electron chi connectivity index (χ1n) is 10.1. The normalized spacial score (nSPS) is 16.3. The predicted octanol–water partition coefficient (Wildman–Crippen LogP) is 3.93. The van der Waals surface area contributed by atoms with Crippen molar-refractivity contribution in [3.63, 3.8) is 0 Å². The van der Waals surface area contributed by atoms with Gasteiger partial charge in [-0.1, -0.05) is 48.5 Å². The summed E-state index contributed by atoms with van der Waals surface area (Å²) in [4.78, 5) is 25.5. The molecule has 2 aromatic carbocycles. The molecule has 0 saturated carbocycles. The fraction of sp³-hybridized carbons (Fsp3) is 0.333. The summed E-state index contributed by atoms with van der Waals surface area (Å²) in [6.07, 6.45) is 2.17. The molecule has 0 N–H and O–H groups in total. The second-order valence-corrected chi connectivity index (χ2v) is 6.70. The van der Waals surface area contributed by atoms with Crippen molar-refractivity contribution in [3.05, 3.63) is 71.3 Å². The highest BCUT2D eigenvalue weighted by Gasteiger charge is 2.56. The Labute approximate surface area is 176 Å². The first-order valence-corrected chi connectivity index (χ1v) is 10.1. The van der Waals surface area contributed by atoms with Crippen molar-refractivity contribution >= 4 is 18.0 Å². The van der Waals surface area contributed by atoms with E-state index in [4.69, 9.17) is 18.9 Å². The summed E-state index contributed by atoms with van der Waals surface area (Å²) in [6, 6.07) is 17.3. The van der Waals surface area contributed by atoms with E-state index in [0.717, 1.165) is 11.1 Å². The Morgan fingerprint density at radius 1 is 0.967 bits per heavy atom. The lowest BCUT2D eigenvalue weighted by Gasteiger charge is -2.25. The fourth-order valence-corrected chi connectivity index (χ4v) is 3.34. The maximum absolute atomic E-state index is 12.8. The van der Waals surface area contributed by atoms with Crippen molar-refractivity contribution in [1.82, 2.24) is 0 Å². The molecule has 0 aliphatic carbocycles. The number of hydrogen-bond acceptors (Lipinski definition) is 6. The minimum Gasteiger partial charge on any atom is -0.488 e. The van der Waals surface area contributed by atoms with Gasteiger partial charge < -0.3 is 18.9 Å². The molecule has 0 radical (unpaired) electrons. The topological polar surface area (TPSA) is 71.1 Å². The Bertz CT molecular complexity index is 885. The largest absolute Gasteiger partial charge is 0.488 e. The van der Waals surface area contributed by atoms with Gasteiger partial charge in [-0.2, -0.15) is 0 Å². The first-order chi connectivity index (χ1) is 14.6. The molecule has 0 atom stereocenters. The van der Waals surface area contributed by atoms with Gasteiger partial charge in [0, 0.05) is 5.56 Å². The lowest BCUT2D eigenvalue weighted by atomic mass is 9.91. The highest BCUT2D eigenvalue weighted by atomic mass is 16.6. The van der Waals surface area contributed by atoms with Crippen LogP contribution in [0, 0.1) is 0 Å². The van der Waals surface area contributed by atoms with E-state index in [2.05, 4.69) is 0 Å². The number of carbonyl (C=O) groups excluding carboxylic acids is 2. The Morgan fingerprint density at radius 2 is 1.60 bits per heavy atom. The van der Waals surface area contributed by atoms with E-state index in [1.165, 1.54) is 0 Å². The van der Waals surface area contributed by atoms with Gasteiger partial charge in [-0.25, -0.2) is 9.59 Å². The van der Waals surface area contributed by atoms with Crippen LogP contribution in [0.5, 0.6) is 5.75 Å². The van der Waals surface area contributed by atoms with Crippen molar-refractivity contribution in [2.75, 3.05) is 19.8 Å². The molecule has 158 valence electrons. The van der Waals surface area contributed by atoms with Gasteiger partial charge in [-0.15, -0.1) is 0 Å². The van der Waals surface area contributed by atoms with Crippen LogP contribution >= 0.6 is 0 Å². The van der Waals surface area contributed by atoms with E-state index in [1.54, 1.807) is 19.9 Å². The lowest BCUT2D eigenvalue weighted by Crippen LogP contribution is -2.49. The maximum Gasteiger partial charge on any atom is 0.354 e. The van der Waals surface area contributed by atoms with E-state index in [1.807, 2.05) is 54.6 Å². The van der Waals surface area contributed by atoms with Crippen molar-refractivity contribution in [1.29, 1.82) is 0 Å². The molecule has 1 aliphatic rings. The summed E-state index contributed by atoms with van der Waals surface area (Å²) < 4.78 is 22.0. The second-order valence-electron chi connectivity index (χ2n) is 6.70. The SMILES string of the molecule is CCOC(=O)C1(C(=O)OCC)OCC/C1=C\c1ccccc1OCc1ccccc1. The number of ether oxygens (including phenoxy) is 4. The minimum atomic E-state index is -1.88. The fourth-order valence-electron chi connectivity index (χ4n) is 3.34. The summed E-state index contributed by atoms with van der Waals surface area (Å²) >= 11 is 0. The molecule has 6 nitrogen and oxygen atoms in total. The van der Waals surface area contributed by atoms with Crippen LogP contribution in [0.25, 0.3) is 6.08 Å². The van der Waals surface area contributed by atoms with Gasteiger partial charge in [0.1, 0.15) is 12.4 Å². The van der Waals surface area contributed by atoms with Crippen LogP contribution < -0.4 is 4.74 Å². The summed E-state index contributed by atoms with van der Waals surface area (Å²) in [7, 11) is 0. The van der Waals surface area contributed by atoms with Gasteiger partial charge >= 0.3 is 11.9 Å². The third-order valence-corrected chi connectivity index (χ3v) is 4.75. The van der Waals surface area contributed by atoms with Crippen molar-refractivity contribution < 1.29 is 28.5 Å². The number of esters is 2. The second kappa shape index (κ2) is 10.1. The Hall–Kier alpha value is -3.12. The quantitative estimate of drug-likeness (QED) is 0.485. The van der Waals surface area contributed by atoms with Gasteiger partial charge in [0.15, 0.2) is 0 Å². The standard InChI is InChI=1S/C24H26O6/c1-3-27-22(25)24(23(26)28-4-2)20(14-15-30-24)16-19-12-8-9-13-21(19)29-17-18-10-6-5-7-11-18/h5-13,16H,3-4,14-15,17H2,1-2H3/b20-16+. The van der Waals surface area contributed by atoms with Gasteiger partial charge in [0.25, 0.3) is 5.60 Å². The van der Waals surface area contributed by atoms with Gasteiger partial charge in [0.05, 0.1) is 19.8 Å². The molecule has 0 bridgehead atoms. The Balaban J connectivity index is 1.94. The third-order valence-electron chi connectivity index (χ3n) is 4.75. The molecule has 30 heavy (non-hydrogen) atoms. The molecule has 1 aliphatic heterocycles. The van der Waals surface area contributed by atoms with Crippen molar-refractivity contribution in [2.45, 2.75) is 32.5 Å². The summed E-state index contributed by atoms with van der Waals surface area (Å²) in [5.41, 5.74) is 0.400.